The van der Waals surface area contributed by atoms with E-state index in [2.05, 4.69) is 37.7 Å². The summed E-state index contributed by atoms with van der Waals surface area (Å²) in [7, 11) is 0. The maximum atomic E-state index is 12.1. The predicted molar refractivity (Wildman–Crippen MR) is 42.7 cm³/mol. The predicted octanol–water partition coefficient (Wildman–Crippen LogP) is 1.36. The van der Waals surface area contributed by atoms with Gasteiger partial charge < -0.3 is 0 Å². The van der Waals surface area contributed by atoms with Crippen LogP contribution in [0.3, 0.4) is 0 Å². The van der Waals surface area contributed by atoms with Crippen LogP contribution < -0.4 is 0 Å². The summed E-state index contributed by atoms with van der Waals surface area (Å²) in [6, 6.07) is 0. The van der Waals surface area contributed by atoms with Gasteiger partial charge in [-0.15, -0.1) is 0 Å². The molecule has 0 saturated heterocycles. The quantitative estimate of drug-likeness (QED) is 0.371. The van der Waals surface area contributed by atoms with Crippen LogP contribution >= 0.6 is 15.9 Å². The monoisotopic (exact) mass is 214 g/mol. The summed E-state index contributed by atoms with van der Waals surface area (Å²) in [5, 5.41) is 0.588. The molecule has 1 aromatic heterocycles. The van der Waals surface area contributed by atoms with Gasteiger partial charge in [-0.05, 0) is 0 Å². The van der Waals surface area contributed by atoms with Crippen molar-refractivity contribution in [3.8, 4) is 11.8 Å². The van der Waals surface area contributed by atoms with Gasteiger partial charge in [0.05, 0.1) is 10.9 Å². The largest absolute Gasteiger partial charge is 0.308 e. The van der Waals surface area contributed by atoms with E-state index in [1.807, 2.05) is 0 Å². The molecular weight excluding hydrogens is 211 g/mol. The SMILES string of the molecule is Fc1ncc(C#CCBr)cn1. The molecule has 56 valence electrons. The first-order chi connectivity index (χ1) is 5.33. The zero-order valence-electron chi connectivity index (χ0n) is 5.51. The molecule has 0 aliphatic heterocycles. The van der Waals surface area contributed by atoms with Gasteiger partial charge in [-0.3, -0.25) is 0 Å². The Balaban J connectivity index is 2.82. The number of alkyl halides is 1. The molecule has 0 amide bonds. The van der Waals surface area contributed by atoms with Gasteiger partial charge in [0.25, 0.3) is 0 Å². The van der Waals surface area contributed by atoms with E-state index in [0.29, 0.717) is 10.9 Å². The highest BCUT2D eigenvalue weighted by molar-refractivity contribution is 9.09. The molecule has 0 aliphatic rings. The summed E-state index contributed by atoms with van der Waals surface area (Å²) >= 11 is 3.13. The normalized spacial score (nSPS) is 8.55. The van der Waals surface area contributed by atoms with Crippen LogP contribution in [-0.2, 0) is 0 Å². The van der Waals surface area contributed by atoms with Gasteiger partial charge in [0.15, 0.2) is 0 Å². The number of rotatable bonds is 0. The lowest BCUT2D eigenvalue weighted by Crippen LogP contribution is -1.87. The zero-order valence-corrected chi connectivity index (χ0v) is 7.10. The molecule has 11 heavy (non-hydrogen) atoms. The van der Waals surface area contributed by atoms with Crippen molar-refractivity contribution in [3.63, 3.8) is 0 Å². The molecule has 0 atom stereocenters. The van der Waals surface area contributed by atoms with Gasteiger partial charge >= 0.3 is 6.08 Å². The Labute approximate surface area is 72.0 Å². The number of aromatic nitrogens is 2. The van der Waals surface area contributed by atoms with E-state index in [0.717, 1.165) is 0 Å². The molecular formula is C7H4BrFN2. The average molecular weight is 215 g/mol. The Bertz CT molecular complexity index is 286. The van der Waals surface area contributed by atoms with Crippen molar-refractivity contribution in [2.24, 2.45) is 0 Å². The molecule has 1 heterocycles. The van der Waals surface area contributed by atoms with Gasteiger partial charge in [-0.1, -0.05) is 27.8 Å². The first-order valence-corrected chi connectivity index (χ1v) is 3.97. The van der Waals surface area contributed by atoms with Crippen molar-refractivity contribution < 1.29 is 4.39 Å². The van der Waals surface area contributed by atoms with E-state index in [1.165, 1.54) is 12.4 Å². The molecule has 1 aromatic rings. The standard InChI is InChI=1S/C7H4BrFN2/c8-3-1-2-6-4-10-7(9)11-5-6/h4-5H,3H2. The second-order valence-corrected chi connectivity index (χ2v) is 2.24. The summed E-state index contributed by atoms with van der Waals surface area (Å²) in [5.74, 6) is 5.48. The van der Waals surface area contributed by atoms with E-state index in [-0.39, 0.29) is 0 Å². The topological polar surface area (TPSA) is 25.8 Å². The molecule has 0 bridgehead atoms. The van der Waals surface area contributed by atoms with Crippen LogP contribution in [0.5, 0.6) is 0 Å². The summed E-state index contributed by atoms with van der Waals surface area (Å²) < 4.78 is 12.1. The van der Waals surface area contributed by atoms with E-state index in [4.69, 9.17) is 0 Å². The summed E-state index contributed by atoms with van der Waals surface area (Å²) in [6.45, 7) is 0. The van der Waals surface area contributed by atoms with Crippen LogP contribution in [0.2, 0.25) is 0 Å². The number of hydrogen-bond acceptors (Lipinski definition) is 2. The van der Waals surface area contributed by atoms with Gasteiger partial charge in [0.2, 0.25) is 0 Å². The van der Waals surface area contributed by atoms with Gasteiger partial charge in [0.1, 0.15) is 0 Å². The Morgan fingerprint density at radius 3 is 2.64 bits per heavy atom. The maximum Gasteiger partial charge on any atom is 0.308 e. The third-order valence-electron chi connectivity index (χ3n) is 0.920. The molecule has 0 fully saturated rings. The lowest BCUT2D eigenvalue weighted by molar-refractivity contribution is 0.538. The van der Waals surface area contributed by atoms with Crippen LogP contribution in [0.1, 0.15) is 5.56 Å². The minimum atomic E-state index is -0.727. The smallest absolute Gasteiger partial charge is 0.209 e. The van der Waals surface area contributed by atoms with E-state index in [1.54, 1.807) is 0 Å². The number of hydrogen-bond donors (Lipinski definition) is 0. The third kappa shape index (κ3) is 2.64. The van der Waals surface area contributed by atoms with Crippen LogP contribution in [0.4, 0.5) is 4.39 Å². The van der Waals surface area contributed by atoms with Crippen molar-refractivity contribution in [1.82, 2.24) is 9.97 Å². The minimum Gasteiger partial charge on any atom is -0.209 e. The first kappa shape index (κ1) is 8.15. The van der Waals surface area contributed by atoms with E-state index < -0.39 is 6.08 Å². The van der Waals surface area contributed by atoms with Gasteiger partial charge in [-0.25, -0.2) is 9.97 Å². The molecule has 1 rings (SSSR count). The van der Waals surface area contributed by atoms with Crippen molar-refractivity contribution in [2.75, 3.05) is 5.33 Å². The highest BCUT2D eigenvalue weighted by Gasteiger charge is 1.90. The fourth-order valence-electron chi connectivity index (χ4n) is 0.512. The van der Waals surface area contributed by atoms with E-state index in [9.17, 15) is 4.39 Å². The van der Waals surface area contributed by atoms with Crippen LogP contribution in [0.15, 0.2) is 12.4 Å². The Hall–Kier alpha value is -0.950. The van der Waals surface area contributed by atoms with Crippen LogP contribution in [-0.4, -0.2) is 15.3 Å². The number of halogens is 2. The maximum absolute atomic E-state index is 12.1. The van der Waals surface area contributed by atoms with Gasteiger partial charge in [0, 0.05) is 12.4 Å². The van der Waals surface area contributed by atoms with Crippen molar-refractivity contribution in [3.05, 3.63) is 24.0 Å². The molecule has 0 N–H and O–H groups in total. The molecule has 4 heteroatoms. The van der Waals surface area contributed by atoms with Crippen molar-refractivity contribution >= 4 is 15.9 Å². The van der Waals surface area contributed by atoms with Crippen molar-refractivity contribution in [1.29, 1.82) is 0 Å². The Morgan fingerprint density at radius 2 is 2.09 bits per heavy atom. The number of nitrogens with zero attached hydrogens (tertiary/aromatic N) is 2. The lowest BCUT2D eigenvalue weighted by atomic mass is 10.3. The Morgan fingerprint density at radius 1 is 1.45 bits per heavy atom. The van der Waals surface area contributed by atoms with E-state index >= 15 is 0 Å². The molecule has 0 spiro atoms. The lowest BCUT2D eigenvalue weighted by Gasteiger charge is -1.86. The second kappa shape index (κ2) is 4.04. The van der Waals surface area contributed by atoms with Gasteiger partial charge in [-0.2, -0.15) is 4.39 Å². The van der Waals surface area contributed by atoms with Crippen molar-refractivity contribution in [2.45, 2.75) is 0 Å². The molecule has 0 aromatic carbocycles. The second-order valence-electron chi connectivity index (χ2n) is 1.68. The highest BCUT2D eigenvalue weighted by Crippen LogP contribution is 1.91. The third-order valence-corrected chi connectivity index (χ3v) is 1.20. The molecule has 2 nitrogen and oxygen atoms in total. The minimum absolute atomic E-state index is 0.588. The Kier molecular flexibility index (Phi) is 2.99. The van der Waals surface area contributed by atoms with Crippen LogP contribution in [0.25, 0.3) is 0 Å². The molecule has 0 unspecified atom stereocenters. The molecule has 0 saturated carbocycles. The molecule has 0 radical (unpaired) electrons. The average Bonchev–Trinajstić information content (AvgIpc) is 2.04. The first-order valence-electron chi connectivity index (χ1n) is 2.85. The summed E-state index contributed by atoms with van der Waals surface area (Å²) in [4.78, 5) is 6.67. The fourth-order valence-corrected chi connectivity index (χ4v) is 0.652. The highest BCUT2D eigenvalue weighted by atomic mass is 79.9. The fraction of sp³-hybridized carbons (Fsp3) is 0.143. The summed E-state index contributed by atoms with van der Waals surface area (Å²) in [6.07, 6.45) is 1.96. The van der Waals surface area contributed by atoms with Crippen LogP contribution in [0, 0.1) is 17.9 Å². The zero-order chi connectivity index (χ0) is 8.10. The summed E-state index contributed by atoms with van der Waals surface area (Å²) in [5.41, 5.74) is 0.617. The molecule has 0 aliphatic carbocycles.